The molecule has 3 N–H and O–H groups in total. The Balaban J connectivity index is 1.78. The largest absolute Gasteiger partial charge is 0.418 e. The Labute approximate surface area is 167 Å². The number of hydrogen-bond acceptors (Lipinski definition) is 4. The van der Waals surface area contributed by atoms with Crippen LogP contribution in [0.25, 0.3) is 10.9 Å². The summed E-state index contributed by atoms with van der Waals surface area (Å²) in [5.74, 6) is 0.514. The minimum Gasteiger partial charge on any atom is -0.345 e. The minimum absolute atomic E-state index is 0.0654. The van der Waals surface area contributed by atoms with Crippen molar-refractivity contribution >= 4 is 16.8 Å². The number of hydrogen-bond donors (Lipinski definition) is 3. The molecule has 2 aliphatic rings. The van der Waals surface area contributed by atoms with Crippen LogP contribution in [-0.2, 0) is 16.5 Å². The molecule has 1 aromatic heterocycles. The number of rotatable bonds is 4. The molecule has 2 fully saturated rings. The molecule has 3 heterocycles. The van der Waals surface area contributed by atoms with Crippen LogP contribution < -0.4 is 16.0 Å². The second-order valence-electron chi connectivity index (χ2n) is 8.36. The molecule has 4 rings (SSSR count). The van der Waals surface area contributed by atoms with Crippen molar-refractivity contribution in [3.8, 4) is 0 Å². The van der Waals surface area contributed by atoms with Gasteiger partial charge in [-0.2, -0.15) is 13.2 Å². The molecule has 5 nitrogen and oxygen atoms in total. The number of alkyl halides is 3. The average Bonchev–Trinajstić information content (AvgIpc) is 2.63. The molecule has 2 saturated heterocycles. The highest BCUT2D eigenvalue weighted by Gasteiger charge is 2.41. The van der Waals surface area contributed by atoms with Crippen molar-refractivity contribution < 1.29 is 18.0 Å². The van der Waals surface area contributed by atoms with Gasteiger partial charge in [-0.25, -0.2) is 0 Å². The van der Waals surface area contributed by atoms with Gasteiger partial charge in [0, 0.05) is 24.5 Å². The molecule has 0 saturated carbocycles. The molecule has 2 atom stereocenters. The van der Waals surface area contributed by atoms with Gasteiger partial charge in [-0.15, -0.1) is 0 Å². The van der Waals surface area contributed by atoms with Crippen LogP contribution in [-0.4, -0.2) is 37.1 Å². The standard InChI is InChI=1S/C21H25F3N4O/c1-13-8-20(12-26-9-13,28-18(29)7-14-10-25-11-14)16-4-5-17(21(22,23)24)19-15(16)3-2-6-27-19/h2-6,13-14,25-26H,7-12H2,1H3,(H,28,29)/t13-,20-/m0/s1. The first-order valence-corrected chi connectivity index (χ1v) is 9.96. The molecule has 1 amide bonds. The maximum Gasteiger partial charge on any atom is 0.418 e. The van der Waals surface area contributed by atoms with Crippen molar-refractivity contribution in [2.45, 2.75) is 31.5 Å². The zero-order chi connectivity index (χ0) is 20.6. The second-order valence-corrected chi connectivity index (χ2v) is 8.36. The predicted molar refractivity (Wildman–Crippen MR) is 104 cm³/mol. The van der Waals surface area contributed by atoms with E-state index in [0.717, 1.165) is 25.7 Å². The first-order chi connectivity index (χ1) is 13.8. The fourth-order valence-electron chi connectivity index (χ4n) is 4.53. The van der Waals surface area contributed by atoms with Gasteiger partial charge in [0.05, 0.1) is 16.6 Å². The molecule has 2 aliphatic heterocycles. The van der Waals surface area contributed by atoms with Crippen molar-refractivity contribution in [2.75, 3.05) is 26.2 Å². The lowest BCUT2D eigenvalue weighted by atomic mass is 9.77. The molecule has 29 heavy (non-hydrogen) atoms. The van der Waals surface area contributed by atoms with Gasteiger partial charge in [0.25, 0.3) is 0 Å². The topological polar surface area (TPSA) is 66.0 Å². The van der Waals surface area contributed by atoms with Crippen LogP contribution >= 0.6 is 0 Å². The third-order valence-corrected chi connectivity index (χ3v) is 5.93. The Morgan fingerprint density at radius 1 is 1.24 bits per heavy atom. The number of nitrogens with zero attached hydrogens (tertiary/aromatic N) is 1. The van der Waals surface area contributed by atoms with Crippen LogP contribution in [0.15, 0.2) is 30.5 Å². The third kappa shape index (κ3) is 3.96. The molecule has 156 valence electrons. The van der Waals surface area contributed by atoms with Crippen LogP contribution in [0.3, 0.4) is 0 Å². The Bertz CT molecular complexity index is 912. The molecular formula is C21H25F3N4O. The van der Waals surface area contributed by atoms with Gasteiger partial charge < -0.3 is 16.0 Å². The van der Waals surface area contributed by atoms with E-state index in [1.54, 1.807) is 12.1 Å². The van der Waals surface area contributed by atoms with E-state index in [4.69, 9.17) is 0 Å². The number of benzene rings is 1. The SMILES string of the molecule is C[C@@H]1CNC[C@](NC(=O)CC2CNC2)(c2ccc(C(F)(F)F)c3ncccc23)C1. The summed E-state index contributed by atoms with van der Waals surface area (Å²) in [7, 11) is 0. The van der Waals surface area contributed by atoms with Crippen molar-refractivity contribution in [1.29, 1.82) is 0 Å². The summed E-state index contributed by atoms with van der Waals surface area (Å²) in [4.78, 5) is 16.8. The van der Waals surface area contributed by atoms with Crippen molar-refractivity contribution in [2.24, 2.45) is 11.8 Å². The quantitative estimate of drug-likeness (QED) is 0.731. The number of carbonyl (C=O) groups excluding carboxylic acids is 1. The van der Waals surface area contributed by atoms with Gasteiger partial charge in [0.15, 0.2) is 0 Å². The van der Waals surface area contributed by atoms with Crippen LogP contribution in [0.5, 0.6) is 0 Å². The predicted octanol–water partition coefficient (Wildman–Crippen LogP) is 2.80. The van der Waals surface area contributed by atoms with Gasteiger partial charge in [0.1, 0.15) is 0 Å². The van der Waals surface area contributed by atoms with E-state index >= 15 is 0 Å². The minimum atomic E-state index is -4.49. The number of piperidine rings is 1. The molecule has 8 heteroatoms. The maximum atomic E-state index is 13.5. The van der Waals surface area contributed by atoms with Crippen molar-refractivity contribution in [3.05, 3.63) is 41.6 Å². The van der Waals surface area contributed by atoms with E-state index in [1.165, 1.54) is 12.3 Å². The summed E-state index contributed by atoms with van der Waals surface area (Å²) in [6.07, 6.45) is -2.04. The number of nitrogens with one attached hydrogen (secondary N) is 3. The Morgan fingerprint density at radius 3 is 2.69 bits per heavy atom. The molecule has 0 unspecified atom stereocenters. The van der Waals surface area contributed by atoms with Crippen LogP contribution in [0.1, 0.15) is 30.9 Å². The van der Waals surface area contributed by atoms with Crippen molar-refractivity contribution in [3.63, 3.8) is 0 Å². The number of fused-ring (bicyclic) bond motifs is 1. The third-order valence-electron chi connectivity index (χ3n) is 5.93. The normalized spacial score (nSPS) is 25.6. The number of halogens is 3. The van der Waals surface area contributed by atoms with Gasteiger partial charge >= 0.3 is 6.18 Å². The molecule has 1 aromatic carbocycles. The molecule has 0 aliphatic carbocycles. The zero-order valence-corrected chi connectivity index (χ0v) is 16.3. The smallest absolute Gasteiger partial charge is 0.345 e. The first-order valence-electron chi connectivity index (χ1n) is 9.96. The molecule has 0 spiro atoms. The lowest BCUT2D eigenvalue weighted by Gasteiger charge is -2.43. The van der Waals surface area contributed by atoms with Gasteiger partial charge in [-0.3, -0.25) is 9.78 Å². The van der Waals surface area contributed by atoms with E-state index < -0.39 is 17.3 Å². The summed E-state index contributed by atoms with van der Waals surface area (Å²) in [5.41, 5.74) is -0.909. The molecular weight excluding hydrogens is 381 g/mol. The first kappa shape index (κ1) is 20.1. The lowest BCUT2D eigenvalue weighted by molar-refractivity contribution is -0.136. The molecule has 0 radical (unpaired) electrons. The molecule has 0 bridgehead atoms. The summed E-state index contributed by atoms with van der Waals surface area (Å²) < 4.78 is 40.6. The van der Waals surface area contributed by atoms with E-state index in [1.807, 2.05) is 0 Å². The van der Waals surface area contributed by atoms with E-state index in [0.29, 0.717) is 36.3 Å². The highest BCUT2D eigenvalue weighted by Crippen LogP contribution is 2.40. The second kappa shape index (κ2) is 7.57. The summed E-state index contributed by atoms with van der Waals surface area (Å²) in [6.45, 7) is 5.00. The fraction of sp³-hybridized carbons (Fsp3) is 0.524. The maximum absolute atomic E-state index is 13.5. The van der Waals surface area contributed by atoms with Gasteiger partial charge in [-0.05, 0) is 55.6 Å². The Hall–Kier alpha value is -2.19. The van der Waals surface area contributed by atoms with E-state index in [2.05, 4.69) is 27.9 Å². The lowest BCUT2D eigenvalue weighted by Crippen LogP contribution is -2.58. The highest BCUT2D eigenvalue weighted by atomic mass is 19.4. The van der Waals surface area contributed by atoms with Crippen molar-refractivity contribution in [1.82, 2.24) is 20.9 Å². The van der Waals surface area contributed by atoms with Gasteiger partial charge in [0.2, 0.25) is 5.91 Å². The fourth-order valence-corrected chi connectivity index (χ4v) is 4.53. The Kier molecular flexibility index (Phi) is 5.25. The van der Waals surface area contributed by atoms with Crippen LogP contribution in [0, 0.1) is 11.8 Å². The van der Waals surface area contributed by atoms with Gasteiger partial charge in [-0.1, -0.05) is 19.1 Å². The van der Waals surface area contributed by atoms with Crippen LogP contribution in [0.4, 0.5) is 13.2 Å². The number of carbonyl (C=O) groups is 1. The van der Waals surface area contributed by atoms with Crippen LogP contribution in [0.2, 0.25) is 0 Å². The monoisotopic (exact) mass is 406 g/mol. The zero-order valence-electron chi connectivity index (χ0n) is 16.3. The molecule has 2 aromatic rings. The highest BCUT2D eigenvalue weighted by molar-refractivity contribution is 5.88. The Morgan fingerprint density at radius 2 is 2.03 bits per heavy atom. The summed E-state index contributed by atoms with van der Waals surface area (Å²) in [6, 6.07) is 5.91. The summed E-state index contributed by atoms with van der Waals surface area (Å²) >= 11 is 0. The summed E-state index contributed by atoms with van der Waals surface area (Å²) in [5, 5.41) is 10.1. The number of pyridine rings is 1. The average molecular weight is 406 g/mol. The van der Waals surface area contributed by atoms with E-state index in [-0.39, 0.29) is 17.3 Å². The number of aromatic nitrogens is 1. The number of amides is 1. The van der Waals surface area contributed by atoms with E-state index in [9.17, 15) is 18.0 Å².